The number of amides is 3. The number of aromatic nitrogens is 1. The Balaban J connectivity index is 1.63. The zero-order chi connectivity index (χ0) is 25.7. The van der Waals surface area contributed by atoms with Crippen molar-refractivity contribution in [2.75, 3.05) is 6.54 Å². The highest BCUT2D eigenvalue weighted by Crippen LogP contribution is 2.65. The van der Waals surface area contributed by atoms with Crippen LogP contribution < -0.4 is 10.6 Å². The Bertz CT molecular complexity index is 1220. The second-order valence-electron chi connectivity index (χ2n) is 11.4. The number of nitrogens with one attached hydrogen (secondary N) is 2. The lowest BCUT2D eigenvalue weighted by molar-refractivity contribution is -0.145. The third kappa shape index (κ3) is 4.36. The molecular weight excluding hydrogens is 442 g/mol. The summed E-state index contributed by atoms with van der Waals surface area (Å²) in [6, 6.07) is 7.40. The van der Waals surface area contributed by atoms with Gasteiger partial charge < -0.3 is 15.5 Å². The van der Waals surface area contributed by atoms with Crippen LogP contribution in [0.3, 0.4) is 0 Å². The largest absolute Gasteiger partial charge is 0.344 e. The van der Waals surface area contributed by atoms with Gasteiger partial charge in [0.05, 0.1) is 6.07 Å². The number of likely N-dealkylation sites (tertiary alicyclic amines) is 1. The monoisotopic (exact) mass is 475 g/mol. The topological polar surface area (TPSA) is 115 Å². The Labute approximate surface area is 206 Å². The van der Waals surface area contributed by atoms with Crippen LogP contribution in [0.4, 0.5) is 0 Å². The van der Waals surface area contributed by atoms with Crippen molar-refractivity contribution in [1.82, 2.24) is 20.5 Å². The molecule has 8 heteroatoms. The van der Waals surface area contributed by atoms with Crippen molar-refractivity contribution in [3.8, 4) is 6.07 Å². The molecule has 2 heterocycles. The Morgan fingerprint density at radius 2 is 1.86 bits per heavy atom. The summed E-state index contributed by atoms with van der Waals surface area (Å²) in [5.74, 6) is -0.728. The van der Waals surface area contributed by atoms with Crippen molar-refractivity contribution in [1.29, 1.82) is 5.26 Å². The number of nitriles is 1. The van der Waals surface area contributed by atoms with Crippen LogP contribution >= 0.6 is 0 Å². The van der Waals surface area contributed by atoms with Gasteiger partial charge in [-0.1, -0.05) is 58.9 Å². The standard InChI is InChI=1S/C27H33N5O3/c1-15(33)30-23(26(2,3)4)25(35)32-14-19-21(27(19,5)6)22(32)24(34)31-20(11-28)18-13-29-12-16-9-7-8-10-17(16)18/h7-10,12-13,19-23H,14H2,1-6H3,(H,30,33)(H,31,34)/t19-,20?,21-,22-,23+/m0/s1. The lowest BCUT2D eigenvalue weighted by Gasteiger charge is -2.37. The van der Waals surface area contributed by atoms with Crippen LogP contribution in [0.1, 0.15) is 53.1 Å². The summed E-state index contributed by atoms with van der Waals surface area (Å²) in [4.78, 5) is 45.1. The Morgan fingerprint density at radius 1 is 1.17 bits per heavy atom. The second-order valence-corrected chi connectivity index (χ2v) is 11.4. The molecule has 2 N–H and O–H groups in total. The number of nitrogens with zero attached hydrogens (tertiary/aromatic N) is 3. The van der Waals surface area contributed by atoms with Gasteiger partial charge in [-0.2, -0.15) is 5.26 Å². The molecule has 1 aliphatic carbocycles. The van der Waals surface area contributed by atoms with Gasteiger partial charge in [-0.25, -0.2) is 0 Å². The minimum absolute atomic E-state index is 0.00520. The fraction of sp³-hybridized carbons (Fsp3) is 0.519. The van der Waals surface area contributed by atoms with Gasteiger partial charge in [-0.3, -0.25) is 19.4 Å². The maximum absolute atomic E-state index is 13.7. The van der Waals surface area contributed by atoms with E-state index in [9.17, 15) is 19.6 Å². The van der Waals surface area contributed by atoms with Crippen LogP contribution in [-0.4, -0.2) is 46.2 Å². The molecule has 2 aromatic rings. The van der Waals surface area contributed by atoms with Crippen molar-refractivity contribution < 1.29 is 14.4 Å². The van der Waals surface area contributed by atoms with Gasteiger partial charge in [0.1, 0.15) is 18.1 Å². The number of piperidine rings is 1. The Hall–Kier alpha value is -3.47. The summed E-state index contributed by atoms with van der Waals surface area (Å²) in [7, 11) is 0. The smallest absolute Gasteiger partial charge is 0.246 e. The van der Waals surface area contributed by atoms with E-state index in [0.29, 0.717) is 12.1 Å². The molecule has 1 aliphatic heterocycles. The molecule has 4 rings (SSSR count). The van der Waals surface area contributed by atoms with E-state index >= 15 is 0 Å². The molecule has 1 saturated heterocycles. The molecule has 1 unspecified atom stereocenters. The van der Waals surface area contributed by atoms with E-state index in [1.165, 1.54) is 6.92 Å². The number of rotatable bonds is 5. The van der Waals surface area contributed by atoms with Crippen LogP contribution in [0.25, 0.3) is 10.8 Å². The number of carbonyl (C=O) groups is 3. The van der Waals surface area contributed by atoms with Crippen LogP contribution in [0, 0.1) is 34.0 Å². The maximum atomic E-state index is 13.7. The van der Waals surface area contributed by atoms with E-state index < -0.39 is 23.5 Å². The van der Waals surface area contributed by atoms with Crippen molar-refractivity contribution in [2.45, 2.75) is 59.7 Å². The molecule has 184 valence electrons. The molecule has 1 saturated carbocycles. The quantitative estimate of drug-likeness (QED) is 0.690. The Kier molecular flexibility index (Phi) is 6.08. The highest BCUT2D eigenvalue weighted by Gasteiger charge is 2.69. The second kappa shape index (κ2) is 8.63. The van der Waals surface area contributed by atoms with E-state index in [4.69, 9.17) is 0 Å². The summed E-state index contributed by atoms with van der Waals surface area (Å²) in [6.45, 7) is 11.7. The summed E-state index contributed by atoms with van der Waals surface area (Å²) >= 11 is 0. The number of fused-ring (bicyclic) bond motifs is 2. The molecule has 2 aliphatic rings. The zero-order valence-corrected chi connectivity index (χ0v) is 21.1. The highest BCUT2D eigenvalue weighted by molar-refractivity contribution is 5.94. The first-order chi connectivity index (χ1) is 16.4. The third-order valence-corrected chi connectivity index (χ3v) is 7.65. The van der Waals surface area contributed by atoms with Crippen molar-refractivity contribution in [3.05, 3.63) is 42.2 Å². The van der Waals surface area contributed by atoms with E-state index in [2.05, 4.69) is 35.5 Å². The average molecular weight is 476 g/mol. The number of pyridine rings is 1. The maximum Gasteiger partial charge on any atom is 0.246 e. The molecule has 0 bridgehead atoms. The van der Waals surface area contributed by atoms with Gasteiger partial charge in [0.2, 0.25) is 17.7 Å². The molecule has 3 amide bonds. The summed E-state index contributed by atoms with van der Waals surface area (Å²) < 4.78 is 0. The van der Waals surface area contributed by atoms with Crippen molar-refractivity contribution in [3.63, 3.8) is 0 Å². The lowest BCUT2D eigenvalue weighted by Crippen LogP contribution is -2.59. The van der Waals surface area contributed by atoms with E-state index in [-0.39, 0.29) is 35.0 Å². The Morgan fingerprint density at radius 3 is 2.49 bits per heavy atom. The number of benzene rings is 1. The van der Waals surface area contributed by atoms with Crippen LogP contribution in [0.15, 0.2) is 36.7 Å². The first-order valence-electron chi connectivity index (χ1n) is 12.0. The third-order valence-electron chi connectivity index (χ3n) is 7.65. The van der Waals surface area contributed by atoms with Crippen LogP contribution in [0.5, 0.6) is 0 Å². The fourth-order valence-corrected chi connectivity index (χ4v) is 5.61. The number of hydrogen-bond donors (Lipinski definition) is 2. The van der Waals surface area contributed by atoms with Gasteiger partial charge in [-0.05, 0) is 28.1 Å². The minimum Gasteiger partial charge on any atom is -0.344 e. The number of carbonyl (C=O) groups excluding carboxylic acids is 3. The molecule has 8 nitrogen and oxygen atoms in total. The van der Waals surface area contributed by atoms with E-state index in [0.717, 1.165) is 10.8 Å². The summed E-state index contributed by atoms with van der Waals surface area (Å²) in [5, 5.41) is 17.4. The summed E-state index contributed by atoms with van der Waals surface area (Å²) in [5.41, 5.74) is 0.00973. The first-order valence-corrected chi connectivity index (χ1v) is 12.0. The molecule has 0 spiro atoms. The zero-order valence-electron chi connectivity index (χ0n) is 21.1. The molecule has 2 fully saturated rings. The van der Waals surface area contributed by atoms with E-state index in [1.807, 2.05) is 45.0 Å². The fourth-order valence-electron chi connectivity index (χ4n) is 5.61. The first kappa shape index (κ1) is 24.6. The van der Waals surface area contributed by atoms with Gasteiger partial charge in [-0.15, -0.1) is 0 Å². The van der Waals surface area contributed by atoms with Gasteiger partial charge in [0.25, 0.3) is 0 Å². The van der Waals surface area contributed by atoms with Crippen LogP contribution in [-0.2, 0) is 14.4 Å². The SMILES string of the molecule is CC(=O)N[C@H](C(=O)N1C[C@H]2[C@@H]([C@H]1C(=O)NC(C#N)c1cncc3ccccc13)C2(C)C)C(C)(C)C. The average Bonchev–Trinajstić information content (AvgIpc) is 3.12. The lowest BCUT2D eigenvalue weighted by atomic mass is 9.85. The van der Waals surface area contributed by atoms with Crippen molar-refractivity contribution >= 4 is 28.5 Å². The van der Waals surface area contributed by atoms with Crippen LogP contribution in [0.2, 0.25) is 0 Å². The van der Waals surface area contributed by atoms with Gasteiger partial charge >= 0.3 is 0 Å². The normalized spacial score (nSPS) is 24.1. The predicted octanol–water partition coefficient (Wildman–Crippen LogP) is 2.95. The molecule has 1 aromatic heterocycles. The summed E-state index contributed by atoms with van der Waals surface area (Å²) in [6.07, 6.45) is 3.32. The molecule has 0 radical (unpaired) electrons. The van der Waals surface area contributed by atoms with E-state index in [1.54, 1.807) is 17.3 Å². The number of hydrogen-bond acceptors (Lipinski definition) is 5. The highest BCUT2D eigenvalue weighted by atomic mass is 16.2. The van der Waals surface area contributed by atoms with Crippen molar-refractivity contribution in [2.24, 2.45) is 22.7 Å². The predicted molar refractivity (Wildman–Crippen MR) is 132 cm³/mol. The molecule has 35 heavy (non-hydrogen) atoms. The van der Waals surface area contributed by atoms with Gasteiger partial charge in [0, 0.05) is 36.8 Å². The molecule has 1 aromatic carbocycles. The molecular formula is C27H33N5O3. The van der Waals surface area contributed by atoms with Gasteiger partial charge in [0.15, 0.2) is 0 Å². The molecule has 5 atom stereocenters. The minimum atomic E-state index is -0.910.